The van der Waals surface area contributed by atoms with Crippen LogP contribution >= 0.6 is 0 Å². The first-order valence-corrected chi connectivity index (χ1v) is 7.52. The fourth-order valence-corrected chi connectivity index (χ4v) is 2.67. The molecule has 114 valence electrons. The Balaban J connectivity index is 1.92. The Morgan fingerprint density at radius 1 is 1.09 bits per heavy atom. The van der Waals surface area contributed by atoms with Gasteiger partial charge in [0.2, 0.25) is 0 Å². The zero-order valence-electron chi connectivity index (χ0n) is 13.0. The van der Waals surface area contributed by atoms with Crippen molar-refractivity contribution in [2.24, 2.45) is 0 Å². The van der Waals surface area contributed by atoms with Crippen molar-refractivity contribution in [2.75, 3.05) is 5.73 Å². The topological polar surface area (TPSA) is 67.6 Å². The van der Waals surface area contributed by atoms with Crippen LogP contribution in [0.2, 0.25) is 0 Å². The first-order chi connectivity index (χ1) is 11.2. The Bertz CT molecular complexity index is 857. The Hall–Kier alpha value is -3.06. The van der Waals surface area contributed by atoms with Crippen LogP contribution in [-0.2, 0) is 13.0 Å². The number of rotatable bonds is 4. The van der Waals surface area contributed by atoms with Crippen LogP contribution in [0.3, 0.4) is 0 Å². The maximum atomic E-state index is 9.42. The molecule has 0 radical (unpaired) electrons. The molecule has 4 heteroatoms. The maximum absolute atomic E-state index is 9.42. The van der Waals surface area contributed by atoms with E-state index in [9.17, 15) is 5.26 Å². The largest absolute Gasteiger partial charge is 0.383 e. The number of hydrogen-bond acceptors (Lipinski definition) is 3. The molecule has 1 aromatic heterocycles. The first kappa shape index (κ1) is 14.9. The molecule has 3 aromatic rings. The molecule has 0 amide bonds. The number of aryl methyl sites for hydroxylation is 1. The average molecular weight is 302 g/mol. The van der Waals surface area contributed by atoms with Crippen molar-refractivity contribution in [1.82, 2.24) is 9.78 Å². The van der Waals surface area contributed by atoms with E-state index in [1.165, 1.54) is 5.56 Å². The minimum absolute atomic E-state index is 0.430. The highest BCUT2D eigenvalue weighted by atomic mass is 15.3. The second-order valence-electron chi connectivity index (χ2n) is 5.63. The molecule has 0 atom stereocenters. The summed E-state index contributed by atoms with van der Waals surface area (Å²) in [6, 6.07) is 20.4. The second-order valence-corrected chi connectivity index (χ2v) is 5.63. The number of anilines is 1. The van der Waals surface area contributed by atoms with Crippen molar-refractivity contribution in [2.45, 2.75) is 19.9 Å². The normalized spacial score (nSPS) is 10.4. The number of nitriles is 1. The van der Waals surface area contributed by atoms with Gasteiger partial charge < -0.3 is 5.73 Å². The summed E-state index contributed by atoms with van der Waals surface area (Å²) in [5, 5.41) is 14.0. The molecule has 3 rings (SSSR count). The van der Waals surface area contributed by atoms with Crippen molar-refractivity contribution in [1.29, 1.82) is 5.26 Å². The zero-order chi connectivity index (χ0) is 16.2. The predicted molar refractivity (Wildman–Crippen MR) is 90.9 cm³/mol. The monoisotopic (exact) mass is 302 g/mol. The molecule has 0 unspecified atom stereocenters. The van der Waals surface area contributed by atoms with Crippen molar-refractivity contribution < 1.29 is 0 Å². The lowest BCUT2D eigenvalue weighted by molar-refractivity contribution is 0.684. The Kier molecular flexibility index (Phi) is 4.11. The molecule has 0 aliphatic rings. The first-order valence-electron chi connectivity index (χ1n) is 7.52. The van der Waals surface area contributed by atoms with E-state index in [2.05, 4.69) is 30.2 Å². The third kappa shape index (κ3) is 3.24. The predicted octanol–water partition coefficient (Wildman–Crippen LogP) is 3.28. The van der Waals surface area contributed by atoms with E-state index in [0.29, 0.717) is 24.3 Å². The summed E-state index contributed by atoms with van der Waals surface area (Å²) in [6.45, 7) is 2.62. The smallest absolute Gasteiger partial charge is 0.140 e. The van der Waals surface area contributed by atoms with Gasteiger partial charge in [-0.3, -0.25) is 0 Å². The molecule has 0 saturated carbocycles. The summed E-state index contributed by atoms with van der Waals surface area (Å²) in [5.41, 5.74) is 10.8. The van der Waals surface area contributed by atoms with E-state index >= 15 is 0 Å². The SMILES string of the molecule is Cc1cccc(Cn2nc(Cc3ccccc3)c(C#N)c2N)c1. The van der Waals surface area contributed by atoms with Gasteiger partial charge in [0.25, 0.3) is 0 Å². The lowest BCUT2D eigenvalue weighted by Gasteiger charge is -2.05. The molecule has 1 heterocycles. The summed E-state index contributed by atoms with van der Waals surface area (Å²) in [6.07, 6.45) is 0.606. The molecule has 4 nitrogen and oxygen atoms in total. The minimum Gasteiger partial charge on any atom is -0.383 e. The number of aromatic nitrogens is 2. The van der Waals surface area contributed by atoms with Gasteiger partial charge in [0.15, 0.2) is 0 Å². The number of benzene rings is 2. The lowest BCUT2D eigenvalue weighted by Crippen LogP contribution is -2.06. The number of nitrogens with two attached hydrogens (primary N) is 1. The van der Waals surface area contributed by atoms with Crippen molar-refractivity contribution >= 4 is 5.82 Å². The highest BCUT2D eigenvalue weighted by Crippen LogP contribution is 2.20. The van der Waals surface area contributed by atoms with E-state index in [-0.39, 0.29) is 0 Å². The highest BCUT2D eigenvalue weighted by Gasteiger charge is 2.15. The van der Waals surface area contributed by atoms with Gasteiger partial charge in [-0.05, 0) is 18.1 Å². The van der Waals surface area contributed by atoms with Crippen LogP contribution in [0.1, 0.15) is 27.9 Å². The van der Waals surface area contributed by atoms with Crippen LogP contribution in [0.25, 0.3) is 0 Å². The molecule has 0 bridgehead atoms. The summed E-state index contributed by atoms with van der Waals surface area (Å²) >= 11 is 0. The van der Waals surface area contributed by atoms with Crippen LogP contribution in [0.15, 0.2) is 54.6 Å². The van der Waals surface area contributed by atoms with Crippen molar-refractivity contribution in [3.05, 3.63) is 82.5 Å². The van der Waals surface area contributed by atoms with E-state index in [0.717, 1.165) is 16.8 Å². The molecule has 0 aliphatic heterocycles. The van der Waals surface area contributed by atoms with E-state index in [1.54, 1.807) is 4.68 Å². The van der Waals surface area contributed by atoms with Gasteiger partial charge in [-0.2, -0.15) is 10.4 Å². The molecule has 2 N–H and O–H groups in total. The van der Waals surface area contributed by atoms with Gasteiger partial charge in [0.1, 0.15) is 17.5 Å². The van der Waals surface area contributed by atoms with E-state index in [1.807, 2.05) is 42.5 Å². The molecule has 0 spiro atoms. The summed E-state index contributed by atoms with van der Waals surface area (Å²) in [4.78, 5) is 0. The van der Waals surface area contributed by atoms with Gasteiger partial charge in [0.05, 0.1) is 12.2 Å². The fraction of sp³-hybridized carbons (Fsp3) is 0.158. The number of hydrogen-bond donors (Lipinski definition) is 1. The zero-order valence-corrected chi connectivity index (χ0v) is 13.0. The third-order valence-electron chi connectivity index (χ3n) is 3.81. The Labute approximate surface area is 135 Å². The molecule has 2 aromatic carbocycles. The summed E-state index contributed by atoms with van der Waals surface area (Å²) in [5.74, 6) is 0.430. The van der Waals surface area contributed by atoms with Crippen LogP contribution in [0.5, 0.6) is 0 Å². The van der Waals surface area contributed by atoms with E-state index in [4.69, 9.17) is 5.73 Å². The van der Waals surface area contributed by atoms with Crippen LogP contribution in [-0.4, -0.2) is 9.78 Å². The Morgan fingerprint density at radius 3 is 2.52 bits per heavy atom. The standard InChI is InChI=1S/C19H18N4/c1-14-6-5-9-16(10-14)13-23-19(21)17(12-20)18(22-23)11-15-7-3-2-4-8-15/h2-10H,11,13,21H2,1H3. The molecule has 0 aliphatic carbocycles. The number of nitrogen functional groups attached to an aromatic ring is 1. The number of nitrogens with zero attached hydrogens (tertiary/aromatic N) is 3. The maximum Gasteiger partial charge on any atom is 0.140 e. The lowest BCUT2D eigenvalue weighted by atomic mass is 10.1. The average Bonchev–Trinajstić information content (AvgIpc) is 2.83. The van der Waals surface area contributed by atoms with Gasteiger partial charge >= 0.3 is 0 Å². The molecule has 23 heavy (non-hydrogen) atoms. The van der Waals surface area contributed by atoms with Crippen molar-refractivity contribution in [3.8, 4) is 6.07 Å². The van der Waals surface area contributed by atoms with Crippen LogP contribution in [0, 0.1) is 18.3 Å². The van der Waals surface area contributed by atoms with Gasteiger partial charge in [-0.25, -0.2) is 4.68 Å². The molecule has 0 fully saturated rings. The molecular formula is C19H18N4. The van der Waals surface area contributed by atoms with Gasteiger partial charge in [-0.1, -0.05) is 60.2 Å². The molecule has 0 saturated heterocycles. The van der Waals surface area contributed by atoms with Crippen molar-refractivity contribution in [3.63, 3.8) is 0 Å². The Morgan fingerprint density at radius 2 is 1.83 bits per heavy atom. The minimum atomic E-state index is 0.430. The highest BCUT2D eigenvalue weighted by molar-refractivity contribution is 5.53. The van der Waals surface area contributed by atoms with E-state index < -0.39 is 0 Å². The third-order valence-corrected chi connectivity index (χ3v) is 3.81. The van der Waals surface area contributed by atoms with Crippen LogP contribution in [0.4, 0.5) is 5.82 Å². The summed E-state index contributed by atoms with van der Waals surface area (Å²) < 4.78 is 1.71. The van der Waals surface area contributed by atoms with Crippen LogP contribution < -0.4 is 5.73 Å². The van der Waals surface area contributed by atoms with Gasteiger partial charge in [0, 0.05) is 6.42 Å². The fourth-order valence-electron chi connectivity index (χ4n) is 2.67. The second kappa shape index (κ2) is 6.37. The summed E-state index contributed by atoms with van der Waals surface area (Å²) in [7, 11) is 0. The molecular weight excluding hydrogens is 284 g/mol. The van der Waals surface area contributed by atoms with Gasteiger partial charge in [-0.15, -0.1) is 0 Å². The quantitative estimate of drug-likeness (QED) is 0.804.